The number of nitrogens with zero attached hydrogens (tertiary/aromatic N) is 2. The highest BCUT2D eigenvalue weighted by Gasteiger charge is 2.24. The van der Waals surface area contributed by atoms with E-state index in [0.29, 0.717) is 12.1 Å². The van der Waals surface area contributed by atoms with Gasteiger partial charge in [-0.15, -0.1) is 0 Å². The molecule has 0 aliphatic rings. The number of hydrogen-bond acceptors (Lipinski definition) is 6. The fourth-order valence-corrected chi connectivity index (χ4v) is 3.09. The van der Waals surface area contributed by atoms with Gasteiger partial charge < -0.3 is 26.8 Å². The van der Waals surface area contributed by atoms with E-state index in [-0.39, 0.29) is 23.1 Å². The number of pyridine rings is 2. The van der Waals surface area contributed by atoms with Gasteiger partial charge in [0, 0.05) is 17.8 Å². The fraction of sp³-hybridized carbons (Fsp3) is 0.429. The first-order chi connectivity index (χ1) is 14.5. The predicted molar refractivity (Wildman–Crippen MR) is 117 cm³/mol. The second-order valence-electron chi connectivity index (χ2n) is 7.95. The Morgan fingerprint density at radius 1 is 1.19 bits per heavy atom. The smallest absolute Gasteiger partial charge is 0.404 e. The van der Waals surface area contributed by atoms with Crippen LogP contribution >= 0.6 is 0 Å². The topological polar surface area (TPSA) is 142 Å². The summed E-state index contributed by atoms with van der Waals surface area (Å²) in [7, 11) is 0. The average molecular weight is 433 g/mol. The summed E-state index contributed by atoms with van der Waals surface area (Å²) in [4.78, 5) is 31.4. The van der Waals surface area contributed by atoms with Gasteiger partial charge in [0.2, 0.25) is 0 Å². The monoisotopic (exact) mass is 432 g/mol. The van der Waals surface area contributed by atoms with Crippen molar-refractivity contribution in [3.63, 3.8) is 0 Å². The standard InChI is InChI=1S/C21H29FN6O3/c1-10(2)6-17(13(5)25-21(30)31)27-20-16(22)8-15(18(23)29)19(28-20)26-14-7-11(3)12(4)24-9-14/h7-10,13,17,25H,6H2,1-5H3,(H2,23,29)(H,30,31)(H2,26,27,28)/t13-,17-/m0/s1. The van der Waals surface area contributed by atoms with Crippen molar-refractivity contribution < 1.29 is 19.1 Å². The number of carbonyl (C=O) groups is 2. The van der Waals surface area contributed by atoms with Crippen molar-refractivity contribution >= 4 is 29.3 Å². The normalized spacial score (nSPS) is 12.9. The third-order valence-corrected chi connectivity index (χ3v) is 4.85. The average Bonchev–Trinajstić information content (AvgIpc) is 2.65. The lowest BCUT2D eigenvalue weighted by atomic mass is 9.98. The molecule has 0 radical (unpaired) electrons. The summed E-state index contributed by atoms with van der Waals surface area (Å²) >= 11 is 0. The van der Waals surface area contributed by atoms with Gasteiger partial charge in [-0.3, -0.25) is 9.78 Å². The minimum Gasteiger partial charge on any atom is -0.465 e. The predicted octanol–water partition coefficient (Wildman–Crippen LogP) is 3.56. The molecule has 0 unspecified atom stereocenters. The van der Waals surface area contributed by atoms with Crippen LogP contribution in [0.4, 0.5) is 26.5 Å². The molecule has 2 rings (SSSR count). The molecule has 168 valence electrons. The lowest BCUT2D eigenvalue weighted by Crippen LogP contribution is -2.45. The van der Waals surface area contributed by atoms with Crippen LogP contribution in [0.1, 0.15) is 48.8 Å². The summed E-state index contributed by atoms with van der Waals surface area (Å²) < 4.78 is 14.8. The van der Waals surface area contributed by atoms with Crippen LogP contribution in [0, 0.1) is 25.6 Å². The molecule has 2 aromatic heterocycles. The first kappa shape index (κ1) is 23.8. The number of amides is 2. The first-order valence-electron chi connectivity index (χ1n) is 9.94. The number of rotatable bonds is 9. The largest absolute Gasteiger partial charge is 0.465 e. The van der Waals surface area contributed by atoms with Gasteiger partial charge in [0.25, 0.3) is 5.91 Å². The molecule has 0 saturated heterocycles. The SMILES string of the molecule is Cc1cc(Nc2nc(N[C@@H](CC(C)C)[C@H](C)NC(=O)O)c(F)cc2C(N)=O)cnc1C. The number of hydrogen-bond donors (Lipinski definition) is 5. The minimum absolute atomic E-state index is 0.0728. The summed E-state index contributed by atoms with van der Waals surface area (Å²) in [5.41, 5.74) is 7.65. The zero-order chi connectivity index (χ0) is 23.3. The Morgan fingerprint density at radius 2 is 1.87 bits per heavy atom. The van der Waals surface area contributed by atoms with Gasteiger partial charge in [0.15, 0.2) is 11.6 Å². The van der Waals surface area contributed by atoms with Crippen molar-refractivity contribution in [1.29, 1.82) is 0 Å². The van der Waals surface area contributed by atoms with E-state index < -0.39 is 29.9 Å². The number of carboxylic acid groups (broad SMARTS) is 1. The van der Waals surface area contributed by atoms with E-state index >= 15 is 0 Å². The molecule has 6 N–H and O–H groups in total. The number of halogens is 1. The van der Waals surface area contributed by atoms with E-state index in [2.05, 4.69) is 25.9 Å². The van der Waals surface area contributed by atoms with Crippen LogP contribution in [0.15, 0.2) is 18.3 Å². The van der Waals surface area contributed by atoms with Gasteiger partial charge in [-0.05, 0) is 50.8 Å². The first-order valence-corrected chi connectivity index (χ1v) is 9.94. The van der Waals surface area contributed by atoms with Crippen molar-refractivity contribution in [2.45, 2.75) is 53.1 Å². The van der Waals surface area contributed by atoms with E-state index in [1.54, 1.807) is 13.1 Å². The van der Waals surface area contributed by atoms with Crippen LogP contribution in [-0.4, -0.2) is 39.2 Å². The molecule has 0 fully saturated rings. The van der Waals surface area contributed by atoms with Crippen molar-refractivity contribution in [2.75, 3.05) is 10.6 Å². The van der Waals surface area contributed by atoms with E-state index in [1.165, 1.54) is 0 Å². The Balaban J connectivity index is 2.42. The molecule has 0 aliphatic heterocycles. The van der Waals surface area contributed by atoms with Gasteiger partial charge >= 0.3 is 6.09 Å². The highest BCUT2D eigenvalue weighted by atomic mass is 19.1. The van der Waals surface area contributed by atoms with Crippen LogP contribution in [0.25, 0.3) is 0 Å². The highest BCUT2D eigenvalue weighted by Crippen LogP contribution is 2.26. The van der Waals surface area contributed by atoms with Crippen LogP contribution in [0.5, 0.6) is 0 Å². The molecule has 0 saturated carbocycles. The van der Waals surface area contributed by atoms with Crippen LogP contribution in [0.2, 0.25) is 0 Å². The molecule has 0 bridgehead atoms. The minimum atomic E-state index is -1.18. The molecule has 31 heavy (non-hydrogen) atoms. The molecular formula is C21H29FN6O3. The Labute approximate surface area is 180 Å². The second kappa shape index (κ2) is 10.1. The molecule has 2 amide bonds. The number of anilines is 3. The van der Waals surface area contributed by atoms with Gasteiger partial charge in [0.1, 0.15) is 5.82 Å². The van der Waals surface area contributed by atoms with Crippen LogP contribution in [0.3, 0.4) is 0 Å². The van der Waals surface area contributed by atoms with Crippen molar-refractivity contribution in [3.05, 3.63) is 41.0 Å². The maximum Gasteiger partial charge on any atom is 0.404 e. The quantitative estimate of drug-likeness (QED) is 0.408. The summed E-state index contributed by atoms with van der Waals surface area (Å²) in [5, 5.41) is 17.4. The van der Waals surface area contributed by atoms with Crippen LogP contribution in [-0.2, 0) is 0 Å². The molecule has 10 heteroatoms. The summed E-state index contributed by atoms with van der Waals surface area (Å²) in [6, 6.07) is 1.88. The number of nitrogens with two attached hydrogens (primary N) is 1. The highest BCUT2D eigenvalue weighted by molar-refractivity contribution is 5.98. The Bertz CT molecular complexity index is 966. The zero-order valence-corrected chi connectivity index (χ0v) is 18.3. The third kappa shape index (κ3) is 6.53. The summed E-state index contributed by atoms with van der Waals surface area (Å²) in [5.74, 6) is -1.44. The third-order valence-electron chi connectivity index (χ3n) is 4.85. The molecule has 2 atom stereocenters. The molecule has 2 heterocycles. The second-order valence-corrected chi connectivity index (χ2v) is 7.95. The molecular weight excluding hydrogens is 403 g/mol. The van der Waals surface area contributed by atoms with Gasteiger partial charge in [-0.1, -0.05) is 13.8 Å². The van der Waals surface area contributed by atoms with E-state index in [9.17, 15) is 14.0 Å². The number of nitrogens with one attached hydrogen (secondary N) is 3. The fourth-order valence-electron chi connectivity index (χ4n) is 3.09. The maximum absolute atomic E-state index is 14.8. The Hall–Kier alpha value is -3.43. The lowest BCUT2D eigenvalue weighted by Gasteiger charge is -2.27. The molecule has 2 aromatic rings. The van der Waals surface area contributed by atoms with Gasteiger partial charge in [-0.25, -0.2) is 14.2 Å². The van der Waals surface area contributed by atoms with E-state index in [0.717, 1.165) is 17.3 Å². The summed E-state index contributed by atoms with van der Waals surface area (Å²) in [6.45, 7) is 9.39. The van der Waals surface area contributed by atoms with Crippen LogP contribution < -0.4 is 21.7 Å². The Kier molecular flexibility index (Phi) is 7.73. The van der Waals surface area contributed by atoms with Gasteiger partial charge in [-0.2, -0.15) is 0 Å². The van der Waals surface area contributed by atoms with Crippen molar-refractivity contribution in [1.82, 2.24) is 15.3 Å². The number of aromatic nitrogens is 2. The molecule has 0 spiro atoms. The lowest BCUT2D eigenvalue weighted by molar-refractivity contribution is 0.100. The number of carbonyl (C=O) groups excluding carboxylic acids is 1. The molecule has 0 aliphatic carbocycles. The van der Waals surface area contributed by atoms with Crippen molar-refractivity contribution in [3.8, 4) is 0 Å². The molecule has 9 nitrogen and oxygen atoms in total. The maximum atomic E-state index is 14.8. The van der Waals surface area contributed by atoms with E-state index in [4.69, 9.17) is 10.8 Å². The number of aryl methyl sites for hydroxylation is 2. The van der Waals surface area contributed by atoms with E-state index in [1.807, 2.05) is 33.8 Å². The van der Waals surface area contributed by atoms with Gasteiger partial charge in [0.05, 0.1) is 17.4 Å². The van der Waals surface area contributed by atoms with Crippen molar-refractivity contribution in [2.24, 2.45) is 11.7 Å². The number of primary amides is 1. The summed E-state index contributed by atoms with van der Waals surface area (Å²) in [6.07, 6.45) is 0.959. The Morgan fingerprint density at radius 3 is 2.42 bits per heavy atom. The zero-order valence-electron chi connectivity index (χ0n) is 18.3. The molecule has 0 aromatic carbocycles.